The average Bonchev–Trinajstić information content (AvgIpc) is 2.45. The summed E-state index contributed by atoms with van der Waals surface area (Å²) in [4.78, 5) is 12.0. The van der Waals surface area contributed by atoms with Crippen molar-refractivity contribution in [2.75, 3.05) is 0 Å². The molecule has 2 rings (SSSR count). The number of nitriles is 1. The summed E-state index contributed by atoms with van der Waals surface area (Å²) in [6.07, 6.45) is 0. The van der Waals surface area contributed by atoms with E-state index in [9.17, 15) is 4.79 Å². The summed E-state index contributed by atoms with van der Waals surface area (Å²) in [5, 5.41) is 11.6. The van der Waals surface area contributed by atoms with E-state index in [2.05, 4.69) is 27.3 Å². The molecule has 94 valence electrons. The standard InChI is InChI=1S/C15H11BrN2O/c16-14-7-2-1-6-13(14)15(19)18-10-12-5-3-4-11(8-12)9-17/h1-8H,10H2,(H,18,19). The molecule has 19 heavy (non-hydrogen) atoms. The molecule has 2 aromatic carbocycles. The van der Waals surface area contributed by atoms with Crippen molar-refractivity contribution in [3.8, 4) is 6.07 Å². The van der Waals surface area contributed by atoms with Gasteiger partial charge in [0.15, 0.2) is 0 Å². The van der Waals surface area contributed by atoms with Gasteiger partial charge in [-0.2, -0.15) is 5.26 Å². The van der Waals surface area contributed by atoms with Crippen LogP contribution < -0.4 is 5.32 Å². The van der Waals surface area contributed by atoms with Gasteiger partial charge in [-0.05, 0) is 45.8 Å². The van der Waals surface area contributed by atoms with Gasteiger partial charge in [0.05, 0.1) is 17.2 Å². The van der Waals surface area contributed by atoms with Crippen LogP contribution in [-0.4, -0.2) is 5.91 Å². The zero-order valence-electron chi connectivity index (χ0n) is 10.1. The maximum absolute atomic E-state index is 12.0. The first-order chi connectivity index (χ1) is 9.20. The van der Waals surface area contributed by atoms with Crippen LogP contribution in [-0.2, 0) is 6.54 Å². The van der Waals surface area contributed by atoms with Crippen LogP contribution in [0.5, 0.6) is 0 Å². The molecule has 0 atom stereocenters. The van der Waals surface area contributed by atoms with E-state index in [0.29, 0.717) is 17.7 Å². The first-order valence-electron chi connectivity index (χ1n) is 5.72. The maximum atomic E-state index is 12.0. The highest BCUT2D eigenvalue weighted by Crippen LogP contribution is 2.15. The summed E-state index contributed by atoms with van der Waals surface area (Å²) in [5.74, 6) is -0.144. The molecule has 0 saturated heterocycles. The number of rotatable bonds is 3. The minimum absolute atomic E-state index is 0.144. The fourth-order valence-corrected chi connectivity index (χ4v) is 2.14. The van der Waals surface area contributed by atoms with Crippen molar-refractivity contribution in [3.63, 3.8) is 0 Å². The van der Waals surface area contributed by atoms with Crippen LogP contribution in [0.2, 0.25) is 0 Å². The first kappa shape index (κ1) is 13.3. The number of amides is 1. The van der Waals surface area contributed by atoms with Crippen molar-refractivity contribution in [3.05, 3.63) is 69.7 Å². The van der Waals surface area contributed by atoms with Gasteiger partial charge in [0.1, 0.15) is 0 Å². The lowest BCUT2D eigenvalue weighted by atomic mass is 10.1. The fourth-order valence-electron chi connectivity index (χ4n) is 1.67. The van der Waals surface area contributed by atoms with Gasteiger partial charge in [-0.25, -0.2) is 0 Å². The van der Waals surface area contributed by atoms with Crippen molar-refractivity contribution >= 4 is 21.8 Å². The molecule has 0 radical (unpaired) electrons. The monoisotopic (exact) mass is 314 g/mol. The van der Waals surface area contributed by atoms with E-state index < -0.39 is 0 Å². The minimum Gasteiger partial charge on any atom is -0.348 e. The maximum Gasteiger partial charge on any atom is 0.252 e. The van der Waals surface area contributed by atoms with Crippen LogP contribution in [0.4, 0.5) is 0 Å². The Kier molecular flexibility index (Phi) is 4.32. The molecule has 0 saturated carbocycles. The second kappa shape index (κ2) is 6.17. The van der Waals surface area contributed by atoms with E-state index in [1.54, 1.807) is 24.3 Å². The zero-order valence-corrected chi connectivity index (χ0v) is 11.6. The first-order valence-corrected chi connectivity index (χ1v) is 6.52. The quantitative estimate of drug-likeness (QED) is 0.945. The second-order valence-electron chi connectivity index (χ2n) is 3.97. The lowest BCUT2D eigenvalue weighted by molar-refractivity contribution is 0.0950. The molecule has 0 spiro atoms. The van der Waals surface area contributed by atoms with Crippen LogP contribution >= 0.6 is 15.9 Å². The Balaban J connectivity index is 2.05. The Morgan fingerprint density at radius 3 is 2.74 bits per heavy atom. The summed E-state index contributed by atoms with van der Waals surface area (Å²) < 4.78 is 0.762. The van der Waals surface area contributed by atoms with Crippen molar-refractivity contribution < 1.29 is 4.79 Å². The SMILES string of the molecule is N#Cc1cccc(CNC(=O)c2ccccc2Br)c1. The second-order valence-corrected chi connectivity index (χ2v) is 4.83. The summed E-state index contributed by atoms with van der Waals surface area (Å²) in [6.45, 7) is 0.398. The molecule has 1 amide bonds. The molecule has 0 aliphatic carbocycles. The fraction of sp³-hybridized carbons (Fsp3) is 0.0667. The molecular formula is C15H11BrN2O. The van der Waals surface area contributed by atoms with Crippen molar-refractivity contribution in [1.29, 1.82) is 5.26 Å². The molecular weight excluding hydrogens is 304 g/mol. The Labute approximate surface area is 120 Å². The summed E-state index contributed by atoms with van der Waals surface area (Å²) in [7, 11) is 0. The minimum atomic E-state index is -0.144. The summed E-state index contributed by atoms with van der Waals surface area (Å²) in [6, 6.07) is 16.5. The summed E-state index contributed by atoms with van der Waals surface area (Å²) in [5.41, 5.74) is 2.09. The van der Waals surface area contributed by atoms with Crippen molar-refractivity contribution in [2.45, 2.75) is 6.54 Å². The van der Waals surface area contributed by atoms with Crippen LogP contribution in [0.3, 0.4) is 0 Å². The number of nitrogens with zero attached hydrogens (tertiary/aromatic N) is 1. The molecule has 4 heteroatoms. The average molecular weight is 315 g/mol. The van der Waals surface area contributed by atoms with Gasteiger partial charge in [0.2, 0.25) is 0 Å². The number of hydrogen-bond donors (Lipinski definition) is 1. The van der Waals surface area contributed by atoms with E-state index in [4.69, 9.17) is 5.26 Å². The highest BCUT2D eigenvalue weighted by Gasteiger charge is 2.08. The topological polar surface area (TPSA) is 52.9 Å². The Bertz CT molecular complexity index is 647. The predicted molar refractivity (Wildman–Crippen MR) is 76.5 cm³/mol. The zero-order chi connectivity index (χ0) is 13.7. The Morgan fingerprint density at radius 2 is 2.00 bits per heavy atom. The largest absolute Gasteiger partial charge is 0.348 e. The number of carbonyl (C=O) groups excluding carboxylic acids is 1. The van der Waals surface area contributed by atoms with Crippen LogP contribution in [0, 0.1) is 11.3 Å². The lowest BCUT2D eigenvalue weighted by Gasteiger charge is -2.07. The Morgan fingerprint density at radius 1 is 1.21 bits per heavy atom. The van der Waals surface area contributed by atoms with Gasteiger partial charge in [0, 0.05) is 11.0 Å². The lowest BCUT2D eigenvalue weighted by Crippen LogP contribution is -2.23. The highest BCUT2D eigenvalue weighted by atomic mass is 79.9. The summed E-state index contributed by atoms with van der Waals surface area (Å²) >= 11 is 3.34. The van der Waals surface area contributed by atoms with Crippen molar-refractivity contribution in [2.24, 2.45) is 0 Å². The number of nitrogens with one attached hydrogen (secondary N) is 1. The third-order valence-electron chi connectivity index (χ3n) is 2.63. The van der Waals surface area contributed by atoms with E-state index in [-0.39, 0.29) is 5.91 Å². The van der Waals surface area contributed by atoms with Crippen LogP contribution in [0.15, 0.2) is 53.0 Å². The molecule has 0 aliphatic heterocycles. The number of halogens is 1. The van der Waals surface area contributed by atoms with Gasteiger partial charge in [-0.3, -0.25) is 4.79 Å². The van der Waals surface area contributed by atoms with Gasteiger partial charge < -0.3 is 5.32 Å². The molecule has 1 N–H and O–H groups in total. The molecule has 0 aliphatic rings. The molecule has 0 fully saturated rings. The predicted octanol–water partition coefficient (Wildman–Crippen LogP) is 3.25. The number of carbonyl (C=O) groups is 1. The van der Waals surface area contributed by atoms with Crippen LogP contribution in [0.25, 0.3) is 0 Å². The van der Waals surface area contributed by atoms with Crippen LogP contribution in [0.1, 0.15) is 21.5 Å². The van der Waals surface area contributed by atoms with Gasteiger partial charge >= 0.3 is 0 Å². The van der Waals surface area contributed by atoms with Crippen molar-refractivity contribution in [1.82, 2.24) is 5.32 Å². The molecule has 0 unspecified atom stereocenters. The third-order valence-corrected chi connectivity index (χ3v) is 3.32. The molecule has 2 aromatic rings. The normalized spacial score (nSPS) is 9.68. The Hall–Kier alpha value is -2.12. The van der Waals surface area contributed by atoms with Gasteiger partial charge in [-0.1, -0.05) is 24.3 Å². The van der Waals surface area contributed by atoms with Gasteiger partial charge in [0.25, 0.3) is 5.91 Å². The molecule has 3 nitrogen and oxygen atoms in total. The molecule has 0 bridgehead atoms. The van der Waals surface area contributed by atoms with E-state index in [0.717, 1.165) is 10.0 Å². The van der Waals surface area contributed by atoms with Gasteiger partial charge in [-0.15, -0.1) is 0 Å². The third kappa shape index (κ3) is 3.43. The number of benzene rings is 2. The molecule has 0 aromatic heterocycles. The van der Waals surface area contributed by atoms with E-state index >= 15 is 0 Å². The molecule has 0 heterocycles. The number of hydrogen-bond acceptors (Lipinski definition) is 2. The highest BCUT2D eigenvalue weighted by molar-refractivity contribution is 9.10. The van der Waals surface area contributed by atoms with E-state index in [1.165, 1.54) is 0 Å². The smallest absolute Gasteiger partial charge is 0.252 e. The van der Waals surface area contributed by atoms with E-state index in [1.807, 2.05) is 24.3 Å².